The maximum absolute atomic E-state index is 12.3. The Morgan fingerprint density at radius 1 is 1.42 bits per heavy atom. The molecule has 1 aliphatic rings. The van der Waals surface area contributed by atoms with Crippen molar-refractivity contribution in [1.29, 1.82) is 0 Å². The molecule has 9 nitrogen and oxygen atoms in total. The van der Waals surface area contributed by atoms with Gasteiger partial charge in [-0.1, -0.05) is 11.6 Å². The minimum Gasteiger partial charge on any atom is -0.459 e. The molecule has 140 valence electrons. The summed E-state index contributed by atoms with van der Waals surface area (Å²) in [5, 5.41) is 9.91. The first-order valence-corrected chi connectivity index (χ1v) is 8.71. The van der Waals surface area contributed by atoms with Crippen molar-refractivity contribution in [1.82, 2.24) is 4.90 Å². The molecule has 0 radical (unpaired) electrons. The first-order valence-electron chi connectivity index (χ1n) is 7.53. The zero-order valence-electron chi connectivity index (χ0n) is 13.6. The van der Waals surface area contributed by atoms with Crippen LogP contribution in [0.5, 0.6) is 0 Å². The van der Waals surface area contributed by atoms with E-state index in [1.165, 1.54) is 24.3 Å². The van der Waals surface area contributed by atoms with Crippen LogP contribution in [0.2, 0.25) is 0 Å². The van der Waals surface area contributed by atoms with Gasteiger partial charge in [0.2, 0.25) is 17.1 Å². The van der Waals surface area contributed by atoms with E-state index in [2.05, 4.69) is 0 Å². The lowest BCUT2D eigenvalue weighted by molar-refractivity contribution is -0.384. The standard InChI is InChI=1S/C15H15ClN2O7S/c1-2-25-26-15(21)13(17-11(16)7-12(17)19)14(20)24-8-9-3-5-10(6-4-9)18(22)23/h3-6,11,13H,2,7-8H2,1H3. The lowest BCUT2D eigenvalue weighted by atomic mass is 10.1. The molecular formula is C15H15ClN2O7S. The molecule has 0 saturated carbocycles. The fourth-order valence-electron chi connectivity index (χ4n) is 2.13. The molecule has 0 aromatic heterocycles. The largest absolute Gasteiger partial charge is 0.459 e. The zero-order chi connectivity index (χ0) is 19.3. The predicted octanol–water partition coefficient (Wildman–Crippen LogP) is 2.02. The summed E-state index contributed by atoms with van der Waals surface area (Å²) in [7, 11) is 0. The summed E-state index contributed by atoms with van der Waals surface area (Å²) in [5.74, 6) is -1.38. The van der Waals surface area contributed by atoms with Gasteiger partial charge in [-0.05, 0) is 24.6 Å². The van der Waals surface area contributed by atoms with Gasteiger partial charge in [0, 0.05) is 12.1 Å². The van der Waals surface area contributed by atoms with Crippen LogP contribution in [0, 0.1) is 10.1 Å². The van der Waals surface area contributed by atoms with Crippen LogP contribution in [0.1, 0.15) is 18.9 Å². The van der Waals surface area contributed by atoms with Crippen LogP contribution < -0.4 is 0 Å². The fraction of sp³-hybridized carbons (Fsp3) is 0.400. The minimum atomic E-state index is -1.51. The van der Waals surface area contributed by atoms with Gasteiger partial charge in [0.1, 0.15) is 12.1 Å². The van der Waals surface area contributed by atoms with Crippen molar-refractivity contribution in [3.63, 3.8) is 0 Å². The molecule has 0 spiro atoms. The summed E-state index contributed by atoms with van der Waals surface area (Å²) in [6.45, 7) is 1.69. The summed E-state index contributed by atoms with van der Waals surface area (Å²) < 4.78 is 10.0. The SMILES string of the molecule is CCOSC(=O)C(C(=O)OCc1ccc([N+](=O)[O-])cc1)N1C(=O)CC1Cl. The summed E-state index contributed by atoms with van der Waals surface area (Å²) in [4.78, 5) is 47.3. The number of esters is 1. The number of alkyl halides is 1. The van der Waals surface area contributed by atoms with Gasteiger partial charge in [-0.25, -0.2) is 4.79 Å². The zero-order valence-corrected chi connectivity index (χ0v) is 15.2. The van der Waals surface area contributed by atoms with E-state index in [4.69, 9.17) is 20.5 Å². The average molecular weight is 403 g/mol. The molecule has 2 atom stereocenters. The van der Waals surface area contributed by atoms with Crippen molar-refractivity contribution in [2.24, 2.45) is 0 Å². The highest BCUT2D eigenvalue weighted by Gasteiger charge is 2.47. The number of halogens is 1. The van der Waals surface area contributed by atoms with Gasteiger partial charge < -0.3 is 13.8 Å². The highest BCUT2D eigenvalue weighted by molar-refractivity contribution is 8.09. The second kappa shape index (κ2) is 8.97. The van der Waals surface area contributed by atoms with E-state index in [1.807, 2.05) is 0 Å². The molecule has 2 rings (SSSR count). The minimum absolute atomic E-state index is 0.0280. The maximum Gasteiger partial charge on any atom is 0.338 e. The van der Waals surface area contributed by atoms with Gasteiger partial charge >= 0.3 is 5.97 Å². The van der Waals surface area contributed by atoms with Crippen molar-refractivity contribution in [3.8, 4) is 0 Å². The number of rotatable bonds is 8. The van der Waals surface area contributed by atoms with E-state index in [0.717, 1.165) is 4.90 Å². The summed E-state index contributed by atoms with van der Waals surface area (Å²) >= 11 is 6.38. The van der Waals surface area contributed by atoms with Crippen LogP contribution in [0.3, 0.4) is 0 Å². The normalized spacial score (nSPS) is 17.4. The number of carbonyl (C=O) groups is 3. The van der Waals surface area contributed by atoms with Crippen molar-refractivity contribution in [2.75, 3.05) is 6.61 Å². The molecule has 2 unspecified atom stereocenters. The van der Waals surface area contributed by atoms with Crippen LogP contribution in [0.15, 0.2) is 24.3 Å². The first-order chi connectivity index (χ1) is 12.3. The molecule has 1 aromatic rings. The molecule has 1 fully saturated rings. The number of β-lactam (4-membered cyclic amide) rings is 1. The molecule has 1 saturated heterocycles. The molecule has 0 bridgehead atoms. The molecule has 0 N–H and O–H groups in total. The molecule has 1 aliphatic heterocycles. The van der Waals surface area contributed by atoms with E-state index in [9.17, 15) is 24.5 Å². The van der Waals surface area contributed by atoms with Crippen LogP contribution in [0.4, 0.5) is 5.69 Å². The Morgan fingerprint density at radius 3 is 2.58 bits per heavy atom. The topological polar surface area (TPSA) is 116 Å². The number of non-ortho nitro benzene ring substituents is 1. The highest BCUT2D eigenvalue weighted by Crippen LogP contribution is 2.29. The van der Waals surface area contributed by atoms with E-state index >= 15 is 0 Å². The number of nitrogens with zero attached hydrogens (tertiary/aromatic N) is 2. The molecular weight excluding hydrogens is 388 g/mol. The molecule has 26 heavy (non-hydrogen) atoms. The van der Waals surface area contributed by atoms with Crippen molar-refractivity contribution in [3.05, 3.63) is 39.9 Å². The number of ether oxygens (including phenoxy) is 1. The Labute approximate surface area is 157 Å². The first kappa shape index (κ1) is 20.1. The van der Waals surface area contributed by atoms with Gasteiger partial charge in [0.05, 0.1) is 30.0 Å². The Bertz CT molecular complexity index is 712. The lowest BCUT2D eigenvalue weighted by Crippen LogP contribution is -2.60. The molecule has 1 heterocycles. The Balaban J connectivity index is 2.04. The van der Waals surface area contributed by atoms with Crippen LogP contribution in [-0.2, 0) is 29.9 Å². The third-order valence-corrected chi connectivity index (χ3v) is 4.55. The predicted molar refractivity (Wildman–Crippen MR) is 92.0 cm³/mol. The van der Waals surface area contributed by atoms with Crippen LogP contribution in [-0.4, -0.2) is 45.0 Å². The maximum atomic E-state index is 12.3. The van der Waals surface area contributed by atoms with E-state index in [1.54, 1.807) is 6.92 Å². The smallest absolute Gasteiger partial charge is 0.338 e. The number of nitro groups is 1. The number of hydrogen-bond acceptors (Lipinski definition) is 8. The number of benzene rings is 1. The Kier molecular flexibility index (Phi) is 6.95. The number of likely N-dealkylation sites (tertiary alicyclic amines) is 1. The van der Waals surface area contributed by atoms with E-state index < -0.39 is 33.5 Å². The van der Waals surface area contributed by atoms with Gasteiger partial charge in [0.25, 0.3) is 5.69 Å². The highest BCUT2D eigenvalue weighted by atomic mass is 35.5. The number of carbonyl (C=O) groups excluding carboxylic acids is 3. The lowest BCUT2D eigenvalue weighted by Gasteiger charge is -2.39. The second-order valence-electron chi connectivity index (χ2n) is 5.18. The molecule has 11 heteroatoms. The van der Waals surface area contributed by atoms with Crippen molar-refractivity contribution < 1.29 is 28.2 Å². The Morgan fingerprint density at radius 2 is 2.08 bits per heavy atom. The van der Waals surface area contributed by atoms with Crippen LogP contribution >= 0.6 is 23.6 Å². The van der Waals surface area contributed by atoms with Gasteiger partial charge in [-0.3, -0.25) is 19.7 Å². The van der Waals surface area contributed by atoms with E-state index in [-0.39, 0.29) is 25.3 Å². The van der Waals surface area contributed by atoms with Crippen molar-refractivity contribution >= 4 is 46.3 Å². The van der Waals surface area contributed by atoms with Gasteiger partial charge in [0.15, 0.2) is 0 Å². The third kappa shape index (κ3) is 4.71. The van der Waals surface area contributed by atoms with Gasteiger partial charge in [-0.2, -0.15) is 0 Å². The third-order valence-electron chi connectivity index (χ3n) is 3.44. The average Bonchev–Trinajstić information content (AvgIpc) is 2.62. The summed E-state index contributed by atoms with van der Waals surface area (Å²) in [6, 6.07) is 3.88. The summed E-state index contributed by atoms with van der Waals surface area (Å²) in [5.41, 5.74) is -0.382. The quantitative estimate of drug-likeness (QED) is 0.0947. The number of hydrogen-bond donors (Lipinski definition) is 0. The number of amides is 1. The molecule has 1 amide bonds. The monoisotopic (exact) mass is 402 g/mol. The van der Waals surface area contributed by atoms with Gasteiger partial charge in [-0.15, -0.1) is 0 Å². The second-order valence-corrected chi connectivity index (χ2v) is 6.49. The van der Waals surface area contributed by atoms with E-state index in [0.29, 0.717) is 17.6 Å². The fourth-order valence-corrected chi connectivity index (χ4v) is 3.02. The van der Waals surface area contributed by atoms with Crippen molar-refractivity contribution in [2.45, 2.75) is 31.5 Å². The van der Waals surface area contributed by atoms with Crippen LogP contribution in [0.25, 0.3) is 0 Å². The number of nitro benzene ring substituents is 1. The molecule has 1 aromatic carbocycles. The summed E-state index contributed by atoms with van der Waals surface area (Å²) in [6.07, 6.45) is 0.0280. The Hall–Kier alpha value is -2.17. The molecule has 0 aliphatic carbocycles.